The van der Waals surface area contributed by atoms with Crippen LogP contribution in [0.4, 0.5) is 0 Å². The van der Waals surface area contributed by atoms with Crippen LogP contribution in [0.15, 0.2) is 35.3 Å². The molecule has 0 spiro atoms. The lowest BCUT2D eigenvalue weighted by molar-refractivity contribution is 0.472. The van der Waals surface area contributed by atoms with Gasteiger partial charge in [-0.1, -0.05) is 30.3 Å². The summed E-state index contributed by atoms with van der Waals surface area (Å²) in [6.07, 6.45) is 3.70. The summed E-state index contributed by atoms with van der Waals surface area (Å²) in [6, 6.07) is 9.97. The summed E-state index contributed by atoms with van der Waals surface area (Å²) in [7, 11) is -3.12. The normalized spacial score (nSPS) is 24.0. The fourth-order valence-corrected chi connectivity index (χ4v) is 4.69. The molecule has 108 valence electrons. The Hall–Kier alpha value is -1.20. The maximum atomic E-state index is 12.3. The number of hydrogen-bond donors (Lipinski definition) is 0. The molecule has 20 heavy (non-hydrogen) atoms. The maximum Gasteiger partial charge on any atom is 0.216 e. The van der Waals surface area contributed by atoms with Gasteiger partial charge in [-0.2, -0.15) is 0 Å². The predicted octanol–water partition coefficient (Wildman–Crippen LogP) is 2.06. The van der Waals surface area contributed by atoms with Gasteiger partial charge in [0.1, 0.15) is 0 Å². The first-order valence-electron chi connectivity index (χ1n) is 7.25. The van der Waals surface area contributed by atoms with Crippen LogP contribution in [-0.4, -0.2) is 43.3 Å². The quantitative estimate of drug-likeness (QED) is 0.853. The van der Waals surface area contributed by atoms with E-state index in [1.807, 2.05) is 30.3 Å². The molecule has 0 aromatic heterocycles. The van der Waals surface area contributed by atoms with Crippen LogP contribution in [0.3, 0.4) is 0 Å². The van der Waals surface area contributed by atoms with Crippen molar-refractivity contribution in [3.05, 3.63) is 35.9 Å². The molecule has 1 unspecified atom stereocenters. The van der Waals surface area contributed by atoms with Gasteiger partial charge in [-0.05, 0) is 31.2 Å². The molecule has 0 saturated carbocycles. The highest BCUT2D eigenvalue weighted by Gasteiger charge is 2.30. The molecular weight excluding hydrogens is 272 g/mol. The summed E-state index contributed by atoms with van der Waals surface area (Å²) in [5.74, 6) is 0.170. The van der Waals surface area contributed by atoms with E-state index in [0.717, 1.165) is 37.0 Å². The molecule has 1 fully saturated rings. The third kappa shape index (κ3) is 2.94. The van der Waals surface area contributed by atoms with Crippen molar-refractivity contribution >= 4 is 15.7 Å². The first kappa shape index (κ1) is 13.8. The minimum atomic E-state index is -3.12. The summed E-state index contributed by atoms with van der Waals surface area (Å²) in [4.78, 5) is 4.63. The zero-order valence-corrected chi connectivity index (χ0v) is 12.3. The number of sulfonamides is 1. The van der Waals surface area contributed by atoms with Gasteiger partial charge in [0, 0.05) is 18.8 Å². The smallest absolute Gasteiger partial charge is 0.216 e. The fourth-order valence-electron chi connectivity index (χ4n) is 2.94. The highest BCUT2D eigenvalue weighted by Crippen LogP contribution is 2.22. The van der Waals surface area contributed by atoms with Gasteiger partial charge >= 0.3 is 0 Å². The summed E-state index contributed by atoms with van der Waals surface area (Å²) in [6.45, 7) is 1.37. The van der Waals surface area contributed by atoms with Crippen molar-refractivity contribution in [3.63, 3.8) is 0 Å². The van der Waals surface area contributed by atoms with Crippen LogP contribution in [0.25, 0.3) is 0 Å². The lowest BCUT2D eigenvalue weighted by Gasteiger charge is -2.17. The molecule has 0 N–H and O–H groups in total. The number of rotatable bonds is 4. The van der Waals surface area contributed by atoms with Crippen molar-refractivity contribution in [1.29, 1.82) is 0 Å². The number of nitrogens with zero attached hydrogens (tertiary/aromatic N) is 2. The molecule has 5 heteroatoms. The summed E-state index contributed by atoms with van der Waals surface area (Å²) >= 11 is 0. The van der Waals surface area contributed by atoms with E-state index in [-0.39, 0.29) is 11.8 Å². The zero-order valence-electron chi connectivity index (χ0n) is 11.5. The standard InChI is InChI=1S/C15H20N2O2S/c18-20(19,17-10-4-5-11-17)12-14-8-9-15(16-14)13-6-2-1-3-7-13/h1-3,6-7,14H,4-5,8-12H2. The van der Waals surface area contributed by atoms with E-state index in [2.05, 4.69) is 4.99 Å². The van der Waals surface area contributed by atoms with Crippen molar-refractivity contribution in [2.45, 2.75) is 31.7 Å². The number of aliphatic imine (C=N–C) groups is 1. The van der Waals surface area contributed by atoms with Crippen molar-refractivity contribution in [1.82, 2.24) is 4.31 Å². The van der Waals surface area contributed by atoms with Gasteiger partial charge in [0.2, 0.25) is 10.0 Å². The minimum Gasteiger partial charge on any atom is -0.285 e. The molecule has 3 rings (SSSR count). The van der Waals surface area contributed by atoms with Gasteiger partial charge in [0.25, 0.3) is 0 Å². The summed E-state index contributed by atoms with van der Waals surface area (Å²) in [5.41, 5.74) is 2.17. The first-order valence-corrected chi connectivity index (χ1v) is 8.86. The van der Waals surface area contributed by atoms with E-state index in [1.54, 1.807) is 4.31 Å². The fraction of sp³-hybridized carbons (Fsp3) is 0.533. The van der Waals surface area contributed by atoms with E-state index in [9.17, 15) is 8.42 Å². The second-order valence-corrected chi connectivity index (χ2v) is 7.53. The third-order valence-corrected chi connectivity index (χ3v) is 5.98. The lowest BCUT2D eigenvalue weighted by atomic mass is 10.1. The first-order chi connectivity index (χ1) is 9.65. The topological polar surface area (TPSA) is 49.7 Å². The Morgan fingerprint density at radius 3 is 2.55 bits per heavy atom. The van der Waals surface area contributed by atoms with E-state index < -0.39 is 10.0 Å². The van der Waals surface area contributed by atoms with Crippen LogP contribution < -0.4 is 0 Å². The van der Waals surface area contributed by atoms with E-state index in [1.165, 1.54) is 0 Å². The molecule has 1 saturated heterocycles. The van der Waals surface area contributed by atoms with Crippen molar-refractivity contribution in [3.8, 4) is 0 Å². The highest BCUT2D eigenvalue weighted by atomic mass is 32.2. The number of hydrogen-bond acceptors (Lipinski definition) is 3. The van der Waals surface area contributed by atoms with Gasteiger partial charge in [-0.15, -0.1) is 0 Å². The molecule has 1 aromatic rings. The Labute approximate surface area is 120 Å². The van der Waals surface area contributed by atoms with Crippen LogP contribution in [0, 0.1) is 0 Å². The average molecular weight is 292 g/mol. The second-order valence-electron chi connectivity index (χ2n) is 5.52. The Morgan fingerprint density at radius 1 is 1.15 bits per heavy atom. The van der Waals surface area contributed by atoms with Gasteiger partial charge in [0.05, 0.1) is 11.8 Å². The molecule has 1 aromatic carbocycles. The van der Waals surface area contributed by atoms with Crippen molar-refractivity contribution in [2.75, 3.05) is 18.8 Å². The molecule has 0 aliphatic carbocycles. The van der Waals surface area contributed by atoms with Crippen LogP contribution >= 0.6 is 0 Å². The number of benzene rings is 1. The SMILES string of the molecule is O=S(=O)(CC1CCC(c2ccccc2)=N1)N1CCCC1. The third-order valence-electron chi connectivity index (χ3n) is 4.02. The molecule has 0 amide bonds. The van der Waals surface area contributed by atoms with E-state index >= 15 is 0 Å². The second kappa shape index (κ2) is 5.66. The van der Waals surface area contributed by atoms with Crippen LogP contribution in [0.5, 0.6) is 0 Å². The molecule has 2 heterocycles. The highest BCUT2D eigenvalue weighted by molar-refractivity contribution is 7.89. The Morgan fingerprint density at radius 2 is 1.85 bits per heavy atom. The summed E-state index contributed by atoms with van der Waals surface area (Å²) < 4.78 is 26.2. The van der Waals surface area contributed by atoms with Crippen molar-refractivity contribution in [2.24, 2.45) is 4.99 Å². The average Bonchev–Trinajstić information content (AvgIpc) is 3.10. The van der Waals surface area contributed by atoms with Gasteiger partial charge in [-0.25, -0.2) is 12.7 Å². The van der Waals surface area contributed by atoms with Gasteiger partial charge in [-0.3, -0.25) is 4.99 Å². The lowest BCUT2D eigenvalue weighted by Crippen LogP contribution is -2.33. The zero-order chi connectivity index (χ0) is 14.0. The summed E-state index contributed by atoms with van der Waals surface area (Å²) in [5, 5.41) is 0. The Kier molecular flexibility index (Phi) is 3.89. The molecular formula is C15H20N2O2S. The monoisotopic (exact) mass is 292 g/mol. The van der Waals surface area contributed by atoms with E-state index in [4.69, 9.17) is 0 Å². The maximum absolute atomic E-state index is 12.3. The van der Waals surface area contributed by atoms with Gasteiger partial charge in [0.15, 0.2) is 0 Å². The molecule has 1 atom stereocenters. The molecule has 0 radical (unpaired) electrons. The Bertz CT molecular complexity index is 590. The minimum absolute atomic E-state index is 0.0733. The molecule has 4 nitrogen and oxygen atoms in total. The van der Waals surface area contributed by atoms with E-state index in [0.29, 0.717) is 13.1 Å². The predicted molar refractivity (Wildman–Crippen MR) is 80.6 cm³/mol. The molecule has 2 aliphatic heterocycles. The largest absolute Gasteiger partial charge is 0.285 e. The molecule has 0 bridgehead atoms. The molecule has 2 aliphatic rings. The Balaban J connectivity index is 1.69. The van der Waals surface area contributed by atoms with Gasteiger partial charge < -0.3 is 0 Å². The van der Waals surface area contributed by atoms with Crippen LogP contribution in [-0.2, 0) is 10.0 Å². The van der Waals surface area contributed by atoms with Crippen LogP contribution in [0.2, 0.25) is 0 Å². The van der Waals surface area contributed by atoms with Crippen molar-refractivity contribution < 1.29 is 8.42 Å². The van der Waals surface area contributed by atoms with Crippen LogP contribution in [0.1, 0.15) is 31.2 Å².